The molecule has 0 fully saturated rings. The van der Waals surface area contributed by atoms with Gasteiger partial charge in [-0.15, -0.1) is 0 Å². The first-order valence-electron chi connectivity index (χ1n) is 6.15. The molecule has 1 aromatic carbocycles. The van der Waals surface area contributed by atoms with E-state index in [-0.39, 0.29) is 5.97 Å². The van der Waals surface area contributed by atoms with E-state index in [1.807, 2.05) is 0 Å². The van der Waals surface area contributed by atoms with E-state index >= 15 is 0 Å². The molecule has 0 radical (unpaired) electrons. The zero-order valence-electron chi connectivity index (χ0n) is 11.5. The average Bonchev–Trinajstić information content (AvgIpc) is 2.95. The van der Waals surface area contributed by atoms with Gasteiger partial charge in [-0.1, -0.05) is 34.4 Å². The predicted octanol–water partition coefficient (Wildman–Crippen LogP) is 3.33. The number of rotatable bonds is 5. The van der Waals surface area contributed by atoms with Crippen molar-refractivity contribution in [2.24, 2.45) is 0 Å². The molecule has 1 aromatic heterocycles. The van der Waals surface area contributed by atoms with Gasteiger partial charge in [-0.2, -0.15) is 0 Å². The highest BCUT2D eigenvalue weighted by Crippen LogP contribution is 2.29. The van der Waals surface area contributed by atoms with E-state index in [1.165, 1.54) is 13.4 Å². The molecule has 0 amide bonds. The van der Waals surface area contributed by atoms with Gasteiger partial charge in [0.1, 0.15) is 12.3 Å². The summed E-state index contributed by atoms with van der Waals surface area (Å²) < 4.78 is 9.67. The van der Waals surface area contributed by atoms with Crippen molar-refractivity contribution in [2.45, 2.75) is 12.6 Å². The van der Waals surface area contributed by atoms with Crippen molar-refractivity contribution >= 4 is 29.2 Å². The summed E-state index contributed by atoms with van der Waals surface area (Å²) in [6.45, 7) is 0.427. The third kappa shape index (κ3) is 3.75. The van der Waals surface area contributed by atoms with Gasteiger partial charge in [0.25, 0.3) is 0 Å². The monoisotopic (exact) mass is 328 g/mol. The standard InChI is InChI=1S/C14H14Cl2N2O3/c1-18(8-10-5-6-21-17-10)13(14(19)20-2)9-3-4-11(15)12(16)7-9/h3-7,13H,8H2,1-2H3. The Hall–Kier alpha value is -1.56. The van der Waals surface area contributed by atoms with Crippen LogP contribution in [0.1, 0.15) is 17.3 Å². The number of likely N-dealkylation sites (N-methyl/N-ethyl adjacent to an activating group) is 1. The number of nitrogens with zero attached hydrogens (tertiary/aromatic N) is 2. The number of hydrogen-bond donors (Lipinski definition) is 0. The topological polar surface area (TPSA) is 55.6 Å². The minimum Gasteiger partial charge on any atom is -0.468 e. The average molecular weight is 329 g/mol. The first-order valence-corrected chi connectivity index (χ1v) is 6.90. The van der Waals surface area contributed by atoms with Crippen molar-refractivity contribution in [1.29, 1.82) is 0 Å². The van der Waals surface area contributed by atoms with Crippen molar-refractivity contribution in [3.8, 4) is 0 Å². The summed E-state index contributed by atoms with van der Waals surface area (Å²) in [6, 6.07) is 6.18. The van der Waals surface area contributed by atoms with Crippen molar-refractivity contribution in [2.75, 3.05) is 14.2 Å². The smallest absolute Gasteiger partial charge is 0.327 e. The van der Waals surface area contributed by atoms with Crippen molar-refractivity contribution in [1.82, 2.24) is 10.1 Å². The van der Waals surface area contributed by atoms with Crippen LogP contribution in [-0.2, 0) is 16.1 Å². The highest BCUT2D eigenvalue weighted by atomic mass is 35.5. The number of hydrogen-bond acceptors (Lipinski definition) is 5. The van der Waals surface area contributed by atoms with E-state index in [2.05, 4.69) is 5.16 Å². The molecule has 0 saturated heterocycles. The lowest BCUT2D eigenvalue weighted by atomic mass is 10.1. The normalized spacial score (nSPS) is 12.4. The molecule has 0 spiro atoms. The highest BCUT2D eigenvalue weighted by molar-refractivity contribution is 6.42. The van der Waals surface area contributed by atoms with Crippen LogP contribution in [0.3, 0.4) is 0 Å². The van der Waals surface area contributed by atoms with Crippen LogP contribution in [0.4, 0.5) is 0 Å². The lowest BCUT2D eigenvalue weighted by molar-refractivity contribution is -0.147. The van der Waals surface area contributed by atoms with Gasteiger partial charge in [0.15, 0.2) is 0 Å². The lowest BCUT2D eigenvalue weighted by Crippen LogP contribution is -2.31. The first kappa shape index (κ1) is 15.8. The quantitative estimate of drug-likeness (QED) is 0.788. The van der Waals surface area contributed by atoms with Crippen LogP contribution < -0.4 is 0 Å². The third-order valence-corrected chi connectivity index (χ3v) is 3.77. The maximum atomic E-state index is 12.1. The number of esters is 1. The molecule has 5 nitrogen and oxygen atoms in total. The molecular formula is C14H14Cl2N2O3. The van der Waals surface area contributed by atoms with E-state index in [0.717, 1.165) is 0 Å². The van der Waals surface area contributed by atoms with Crippen LogP contribution in [0, 0.1) is 0 Å². The van der Waals surface area contributed by atoms with Gasteiger partial charge in [-0.05, 0) is 24.7 Å². The molecule has 112 valence electrons. The molecule has 0 saturated carbocycles. The zero-order chi connectivity index (χ0) is 15.4. The molecule has 0 aliphatic heterocycles. The molecule has 0 aliphatic rings. The Bertz CT molecular complexity index is 617. The van der Waals surface area contributed by atoms with Crippen LogP contribution in [0.2, 0.25) is 10.0 Å². The fourth-order valence-electron chi connectivity index (χ4n) is 2.03. The van der Waals surface area contributed by atoms with Crippen LogP contribution in [0.5, 0.6) is 0 Å². The summed E-state index contributed by atoms with van der Waals surface area (Å²) in [5.74, 6) is -0.389. The van der Waals surface area contributed by atoms with E-state index in [4.69, 9.17) is 32.5 Å². The van der Waals surface area contributed by atoms with E-state index < -0.39 is 6.04 Å². The molecular weight excluding hydrogens is 315 g/mol. The fraction of sp³-hybridized carbons (Fsp3) is 0.286. The van der Waals surface area contributed by atoms with E-state index in [9.17, 15) is 4.79 Å². The summed E-state index contributed by atoms with van der Waals surface area (Å²) >= 11 is 11.9. The second-order valence-electron chi connectivity index (χ2n) is 4.51. The molecule has 2 rings (SSSR count). The number of carbonyl (C=O) groups is 1. The number of methoxy groups -OCH3 is 1. The lowest BCUT2D eigenvalue weighted by Gasteiger charge is -2.25. The Kier molecular flexibility index (Phi) is 5.22. The third-order valence-electron chi connectivity index (χ3n) is 3.03. The summed E-state index contributed by atoms with van der Waals surface area (Å²) in [5, 5.41) is 4.65. The molecule has 1 heterocycles. The largest absolute Gasteiger partial charge is 0.468 e. The summed E-state index contributed by atoms with van der Waals surface area (Å²) in [6.07, 6.45) is 1.48. The van der Waals surface area contributed by atoms with Crippen molar-refractivity contribution < 1.29 is 14.1 Å². The number of benzene rings is 1. The van der Waals surface area contributed by atoms with Gasteiger partial charge < -0.3 is 9.26 Å². The minimum absolute atomic E-state index is 0.387. The van der Waals surface area contributed by atoms with E-state index in [1.54, 1.807) is 36.2 Å². The van der Waals surface area contributed by atoms with Crippen molar-refractivity contribution in [3.63, 3.8) is 0 Å². The van der Waals surface area contributed by atoms with Crippen LogP contribution in [-0.4, -0.2) is 30.2 Å². The molecule has 21 heavy (non-hydrogen) atoms. The van der Waals surface area contributed by atoms with Crippen molar-refractivity contribution in [3.05, 3.63) is 51.8 Å². The minimum atomic E-state index is -0.610. The molecule has 0 N–H and O–H groups in total. The maximum absolute atomic E-state index is 12.1. The predicted molar refractivity (Wildman–Crippen MR) is 79.2 cm³/mol. The zero-order valence-corrected chi connectivity index (χ0v) is 13.1. The van der Waals surface area contributed by atoms with Crippen LogP contribution in [0.25, 0.3) is 0 Å². The molecule has 0 bridgehead atoms. The van der Waals surface area contributed by atoms with Crippen LogP contribution >= 0.6 is 23.2 Å². The summed E-state index contributed by atoms with van der Waals surface area (Å²) in [7, 11) is 3.13. The maximum Gasteiger partial charge on any atom is 0.327 e. The Balaban J connectivity index is 2.29. The van der Waals surface area contributed by atoms with Gasteiger partial charge in [-0.25, -0.2) is 4.79 Å². The molecule has 2 aromatic rings. The first-order chi connectivity index (χ1) is 10.0. The molecule has 0 aliphatic carbocycles. The number of halogens is 2. The van der Waals surface area contributed by atoms with Gasteiger partial charge in [0, 0.05) is 12.6 Å². The van der Waals surface area contributed by atoms with Gasteiger partial charge in [-0.3, -0.25) is 4.90 Å². The number of ether oxygens (including phenoxy) is 1. The summed E-state index contributed by atoms with van der Waals surface area (Å²) in [5.41, 5.74) is 1.41. The fourth-order valence-corrected chi connectivity index (χ4v) is 2.34. The van der Waals surface area contributed by atoms with Gasteiger partial charge in [0.2, 0.25) is 0 Å². The number of aromatic nitrogens is 1. The molecule has 7 heteroatoms. The second kappa shape index (κ2) is 6.93. The van der Waals surface area contributed by atoms with Gasteiger partial charge >= 0.3 is 5.97 Å². The SMILES string of the molecule is COC(=O)C(c1ccc(Cl)c(Cl)c1)N(C)Cc1ccon1. The van der Waals surface area contributed by atoms with Crippen LogP contribution in [0.15, 0.2) is 35.1 Å². The summed E-state index contributed by atoms with van der Waals surface area (Å²) in [4.78, 5) is 13.9. The van der Waals surface area contributed by atoms with E-state index in [0.29, 0.717) is 27.8 Å². The second-order valence-corrected chi connectivity index (χ2v) is 5.32. The molecule has 1 unspecified atom stereocenters. The van der Waals surface area contributed by atoms with Gasteiger partial charge in [0.05, 0.1) is 22.8 Å². The Morgan fingerprint density at radius 1 is 1.38 bits per heavy atom. The molecule has 1 atom stereocenters. The highest BCUT2D eigenvalue weighted by Gasteiger charge is 2.27. The Morgan fingerprint density at radius 2 is 2.14 bits per heavy atom. The Labute approximate surface area is 132 Å². The number of carbonyl (C=O) groups excluding carboxylic acids is 1. The Morgan fingerprint density at radius 3 is 2.71 bits per heavy atom.